The fourth-order valence-electron chi connectivity index (χ4n) is 1.41. The molecule has 2 nitrogen and oxygen atoms in total. The van der Waals surface area contributed by atoms with Crippen molar-refractivity contribution >= 4 is 21.7 Å². The van der Waals surface area contributed by atoms with Crippen molar-refractivity contribution in [3.8, 4) is 0 Å². The first kappa shape index (κ1) is 14.3. The quantitative estimate of drug-likeness (QED) is 0.841. The normalized spacial score (nSPS) is 12.0. The van der Waals surface area contributed by atoms with Crippen molar-refractivity contribution in [2.75, 3.05) is 11.4 Å². The number of rotatable bonds is 3. The second-order valence-corrected chi connectivity index (χ2v) is 4.93. The molecule has 17 heavy (non-hydrogen) atoms. The van der Waals surface area contributed by atoms with Crippen LogP contribution in [0.3, 0.4) is 0 Å². The Hall–Kier alpha value is -0.780. The van der Waals surface area contributed by atoms with Crippen LogP contribution in [0, 0.1) is 6.92 Å². The van der Waals surface area contributed by atoms with Gasteiger partial charge in [0.25, 0.3) is 0 Å². The van der Waals surface area contributed by atoms with Crippen LogP contribution in [0.25, 0.3) is 0 Å². The van der Waals surface area contributed by atoms with E-state index in [4.69, 9.17) is 0 Å². The lowest BCUT2D eigenvalue weighted by atomic mass is 10.3. The first-order valence-corrected chi connectivity index (χ1v) is 5.96. The van der Waals surface area contributed by atoms with Crippen LogP contribution >= 0.6 is 15.9 Å². The number of halogens is 4. The molecule has 1 rings (SSSR count). The number of hydrogen-bond donors (Lipinski definition) is 0. The number of hydrogen-bond acceptors (Lipinski definition) is 2. The van der Waals surface area contributed by atoms with Crippen molar-refractivity contribution in [2.45, 2.75) is 33.0 Å². The van der Waals surface area contributed by atoms with Crippen molar-refractivity contribution in [3.63, 3.8) is 0 Å². The van der Waals surface area contributed by atoms with E-state index in [-0.39, 0.29) is 6.04 Å². The summed E-state index contributed by atoms with van der Waals surface area (Å²) in [6.07, 6.45) is -4.23. The second kappa shape index (κ2) is 5.25. The standard InChI is InChI=1S/C11H14BrF3N2/c1-7(2)17(6-11(13,14)15)10-5-4-9(12)8(3)16-10/h4-5,7H,6H2,1-3H3. The molecule has 1 heterocycles. The van der Waals surface area contributed by atoms with Crippen LogP contribution in [0.4, 0.5) is 19.0 Å². The summed E-state index contributed by atoms with van der Waals surface area (Å²) in [5.74, 6) is 0.345. The van der Waals surface area contributed by atoms with Gasteiger partial charge in [-0.2, -0.15) is 13.2 Å². The van der Waals surface area contributed by atoms with Gasteiger partial charge in [-0.3, -0.25) is 0 Å². The molecule has 0 radical (unpaired) electrons. The fourth-order valence-corrected chi connectivity index (χ4v) is 1.63. The monoisotopic (exact) mass is 310 g/mol. The predicted molar refractivity (Wildman–Crippen MR) is 65.2 cm³/mol. The summed E-state index contributed by atoms with van der Waals surface area (Å²) >= 11 is 3.27. The molecular formula is C11H14BrF3N2. The summed E-state index contributed by atoms with van der Waals surface area (Å²) in [4.78, 5) is 5.39. The molecule has 0 fully saturated rings. The van der Waals surface area contributed by atoms with Crippen LogP contribution in [-0.2, 0) is 0 Å². The van der Waals surface area contributed by atoms with Crippen LogP contribution in [0.5, 0.6) is 0 Å². The number of pyridine rings is 1. The topological polar surface area (TPSA) is 16.1 Å². The second-order valence-electron chi connectivity index (χ2n) is 4.07. The Morgan fingerprint density at radius 2 is 1.94 bits per heavy atom. The minimum atomic E-state index is -4.23. The van der Waals surface area contributed by atoms with Gasteiger partial charge in [-0.05, 0) is 48.8 Å². The molecule has 6 heteroatoms. The minimum absolute atomic E-state index is 0.260. The van der Waals surface area contributed by atoms with E-state index in [0.29, 0.717) is 11.5 Å². The summed E-state index contributed by atoms with van der Waals surface area (Å²) in [6.45, 7) is 4.19. The number of alkyl halides is 3. The van der Waals surface area contributed by atoms with Gasteiger partial charge in [0.1, 0.15) is 12.4 Å². The van der Waals surface area contributed by atoms with E-state index in [1.165, 1.54) is 4.90 Å². The summed E-state index contributed by atoms with van der Waals surface area (Å²) in [7, 11) is 0. The predicted octanol–water partition coefficient (Wildman–Crippen LogP) is 3.93. The zero-order chi connectivity index (χ0) is 13.2. The number of anilines is 1. The molecule has 0 bridgehead atoms. The van der Waals surface area contributed by atoms with Gasteiger partial charge in [0, 0.05) is 10.5 Å². The van der Waals surface area contributed by atoms with Gasteiger partial charge in [-0.1, -0.05) is 0 Å². The SMILES string of the molecule is Cc1nc(N(CC(F)(F)F)C(C)C)ccc1Br. The van der Waals surface area contributed by atoms with Gasteiger partial charge in [-0.15, -0.1) is 0 Å². The molecule has 0 aromatic carbocycles. The summed E-state index contributed by atoms with van der Waals surface area (Å²) < 4.78 is 38.1. The molecule has 0 amide bonds. The van der Waals surface area contributed by atoms with E-state index in [2.05, 4.69) is 20.9 Å². The molecule has 0 unspecified atom stereocenters. The molecule has 96 valence electrons. The number of aryl methyl sites for hydroxylation is 1. The lowest BCUT2D eigenvalue weighted by Gasteiger charge is -2.29. The lowest BCUT2D eigenvalue weighted by molar-refractivity contribution is -0.120. The van der Waals surface area contributed by atoms with Gasteiger partial charge in [0.2, 0.25) is 0 Å². The summed E-state index contributed by atoms with van der Waals surface area (Å²) in [6, 6.07) is 3.04. The van der Waals surface area contributed by atoms with Gasteiger partial charge in [0.15, 0.2) is 0 Å². The highest BCUT2D eigenvalue weighted by Crippen LogP contribution is 2.25. The highest BCUT2D eigenvalue weighted by molar-refractivity contribution is 9.10. The third-order valence-electron chi connectivity index (χ3n) is 2.27. The Morgan fingerprint density at radius 3 is 2.35 bits per heavy atom. The molecule has 0 N–H and O–H groups in total. The van der Waals surface area contributed by atoms with Crippen LogP contribution < -0.4 is 4.90 Å². The number of nitrogens with zero attached hydrogens (tertiary/aromatic N) is 2. The maximum absolute atomic E-state index is 12.5. The minimum Gasteiger partial charge on any atom is -0.345 e. The third-order valence-corrected chi connectivity index (χ3v) is 3.11. The first-order chi connectivity index (χ1) is 7.70. The molecular weight excluding hydrogens is 297 g/mol. The van der Waals surface area contributed by atoms with Gasteiger partial charge >= 0.3 is 6.18 Å². The van der Waals surface area contributed by atoms with Crippen molar-refractivity contribution in [1.82, 2.24) is 4.98 Å². The highest BCUT2D eigenvalue weighted by atomic mass is 79.9. The smallest absolute Gasteiger partial charge is 0.345 e. The fraction of sp³-hybridized carbons (Fsp3) is 0.545. The molecule has 0 aliphatic carbocycles. The van der Waals surface area contributed by atoms with E-state index in [0.717, 1.165) is 4.47 Å². The molecule has 1 aromatic rings. The van der Waals surface area contributed by atoms with E-state index in [1.807, 2.05) is 0 Å². The molecule has 0 aliphatic rings. The molecule has 0 saturated carbocycles. The Bertz CT molecular complexity index is 391. The van der Waals surface area contributed by atoms with Crippen LogP contribution in [0.2, 0.25) is 0 Å². The van der Waals surface area contributed by atoms with Crippen LogP contribution in [0.15, 0.2) is 16.6 Å². The Morgan fingerprint density at radius 1 is 1.35 bits per heavy atom. The Kier molecular flexibility index (Phi) is 4.41. The lowest BCUT2D eigenvalue weighted by Crippen LogP contribution is -2.39. The van der Waals surface area contributed by atoms with E-state index < -0.39 is 12.7 Å². The van der Waals surface area contributed by atoms with Crippen molar-refractivity contribution in [2.24, 2.45) is 0 Å². The zero-order valence-electron chi connectivity index (χ0n) is 9.85. The zero-order valence-corrected chi connectivity index (χ0v) is 11.4. The van der Waals surface area contributed by atoms with Crippen molar-refractivity contribution in [3.05, 3.63) is 22.3 Å². The molecule has 0 spiro atoms. The summed E-state index contributed by atoms with van der Waals surface area (Å²) in [5.41, 5.74) is 0.676. The van der Waals surface area contributed by atoms with Gasteiger partial charge in [0.05, 0.1) is 5.69 Å². The van der Waals surface area contributed by atoms with Crippen molar-refractivity contribution in [1.29, 1.82) is 0 Å². The molecule has 0 saturated heterocycles. The molecule has 0 atom stereocenters. The maximum Gasteiger partial charge on any atom is 0.405 e. The maximum atomic E-state index is 12.5. The van der Waals surface area contributed by atoms with Crippen LogP contribution in [0.1, 0.15) is 19.5 Å². The third kappa shape index (κ3) is 4.18. The van der Waals surface area contributed by atoms with Gasteiger partial charge in [-0.25, -0.2) is 4.98 Å². The van der Waals surface area contributed by atoms with Crippen LogP contribution in [-0.4, -0.2) is 23.7 Å². The van der Waals surface area contributed by atoms with Crippen molar-refractivity contribution < 1.29 is 13.2 Å². The largest absolute Gasteiger partial charge is 0.405 e. The molecule has 0 aliphatic heterocycles. The highest BCUT2D eigenvalue weighted by Gasteiger charge is 2.32. The van der Waals surface area contributed by atoms with E-state index >= 15 is 0 Å². The Labute approximate surface area is 107 Å². The van der Waals surface area contributed by atoms with Gasteiger partial charge < -0.3 is 4.90 Å². The average Bonchev–Trinajstić information content (AvgIpc) is 2.17. The number of aromatic nitrogens is 1. The molecule has 1 aromatic heterocycles. The Balaban J connectivity index is 3.02. The van der Waals surface area contributed by atoms with E-state index in [1.54, 1.807) is 32.9 Å². The van der Waals surface area contributed by atoms with E-state index in [9.17, 15) is 13.2 Å². The first-order valence-electron chi connectivity index (χ1n) is 5.17. The average molecular weight is 311 g/mol. The summed E-state index contributed by atoms with van der Waals surface area (Å²) in [5, 5.41) is 0.